The van der Waals surface area contributed by atoms with Gasteiger partial charge in [-0.05, 0) is 17.9 Å². The van der Waals surface area contributed by atoms with Gasteiger partial charge in [0.1, 0.15) is 0 Å². The predicted molar refractivity (Wildman–Crippen MR) is 82.5 cm³/mol. The highest BCUT2D eigenvalue weighted by molar-refractivity contribution is 5.13. The molecule has 0 heterocycles. The first-order valence-corrected chi connectivity index (χ1v) is 8.14. The minimum atomic E-state index is -0.303. The second-order valence-corrected chi connectivity index (χ2v) is 6.09. The average Bonchev–Trinajstić information content (AvgIpc) is 2.49. The van der Waals surface area contributed by atoms with E-state index in [1.54, 1.807) is 0 Å². The molecule has 0 spiro atoms. The van der Waals surface area contributed by atoms with E-state index in [4.69, 9.17) is 4.74 Å². The van der Waals surface area contributed by atoms with E-state index in [0.29, 0.717) is 13.2 Å². The Kier molecular flexibility index (Phi) is 7.10. The van der Waals surface area contributed by atoms with Crippen LogP contribution in [0.5, 0.6) is 0 Å². The van der Waals surface area contributed by atoms with Gasteiger partial charge < -0.3 is 9.84 Å². The quantitative estimate of drug-likeness (QED) is 0.766. The van der Waals surface area contributed by atoms with Crippen LogP contribution in [-0.4, -0.2) is 17.8 Å². The third-order valence-corrected chi connectivity index (χ3v) is 4.30. The van der Waals surface area contributed by atoms with Crippen LogP contribution < -0.4 is 0 Å². The zero-order chi connectivity index (χ0) is 14.0. The van der Waals surface area contributed by atoms with Crippen LogP contribution in [0.3, 0.4) is 0 Å². The maximum Gasteiger partial charge on any atom is 0.0773 e. The molecule has 2 rings (SSSR count). The van der Waals surface area contributed by atoms with E-state index >= 15 is 0 Å². The van der Waals surface area contributed by atoms with Crippen LogP contribution in [0, 0.1) is 5.92 Å². The summed E-state index contributed by atoms with van der Waals surface area (Å²) in [6, 6.07) is 10.1. The summed E-state index contributed by atoms with van der Waals surface area (Å²) in [5, 5.41) is 9.93. The number of aliphatic hydroxyl groups is 1. The molecule has 1 aliphatic rings. The molecule has 0 amide bonds. The summed E-state index contributed by atoms with van der Waals surface area (Å²) in [6.07, 6.45) is 10.1. The monoisotopic (exact) mass is 276 g/mol. The molecule has 1 aromatic rings. The predicted octanol–water partition coefficient (Wildman–Crippen LogP) is 4.31. The van der Waals surface area contributed by atoms with Crippen LogP contribution in [0.4, 0.5) is 0 Å². The van der Waals surface area contributed by atoms with E-state index in [0.717, 1.165) is 18.8 Å². The Morgan fingerprint density at radius 3 is 2.60 bits per heavy atom. The summed E-state index contributed by atoms with van der Waals surface area (Å²) < 4.78 is 5.57. The van der Waals surface area contributed by atoms with Crippen LogP contribution >= 0.6 is 0 Å². The molecule has 112 valence electrons. The van der Waals surface area contributed by atoms with Gasteiger partial charge in [0.2, 0.25) is 0 Å². The zero-order valence-corrected chi connectivity index (χ0v) is 12.5. The molecule has 1 N–H and O–H groups in total. The zero-order valence-electron chi connectivity index (χ0n) is 12.5. The third-order valence-electron chi connectivity index (χ3n) is 4.30. The summed E-state index contributed by atoms with van der Waals surface area (Å²) >= 11 is 0. The molecule has 1 saturated carbocycles. The van der Waals surface area contributed by atoms with Crippen molar-refractivity contribution in [3.8, 4) is 0 Å². The Bertz CT molecular complexity index is 344. The highest BCUT2D eigenvalue weighted by Gasteiger charge is 2.13. The van der Waals surface area contributed by atoms with Crippen LogP contribution in [0.15, 0.2) is 30.3 Å². The van der Waals surface area contributed by atoms with Crippen LogP contribution in [0.1, 0.15) is 56.9 Å². The fourth-order valence-electron chi connectivity index (χ4n) is 3.09. The van der Waals surface area contributed by atoms with Crippen molar-refractivity contribution < 1.29 is 9.84 Å². The molecular formula is C18H28O2. The van der Waals surface area contributed by atoms with Gasteiger partial charge in [-0.2, -0.15) is 0 Å². The largest absolute Gasteiger partial charge is 0.391 e. The van der Waals surface area contributed by atoms with E-state index in [-0.39, 0.29) is 6.10 Å². The first-order chi connectivity index (χ1) is 9.84. The SMILES string of the molecule is OC(CCCC1CCCCC1)COCc1ccccc1. The summed E-state index contributed by atoms with van der Waals surface area (Å²) in [6.45, 7) is 1.06. The van der Waals surface area contributed by atoms with Crippen LogP contribution in [-0.2, 0) is 11.3 Å². The van der Waals surface area contributed by atoms with Crippen molar-refractivity contribution in [3.63, 3.8) is 0 Å². The topological polar surface area (TPSA) is 29.5 Å². The number of aliphatic hydroxyl groups excluding tert-OH is 1. The second-order valence-electron chi connectivity index (χ2n) is 6.09. The molecule has 0 saturated heterocycles. The number of benzene rings is 1. The Balaban J connectivity index is 1.50. The molecule has 0 aliphatic heterocycles. The number of rotatable bonds is 8. The Labute approximate surface area is 123 Å². The molecule has 1 unspecified atom stereocenters. The molecule has 1 fully saturated rings. The summed E-state index contributed by atoms with van der Waals surface area (Å²) in [5.74, 6) is 0.918. The number of ether oxygens (including phenoxy) is 1. The molecule has 1 aromatic carbocycles. The maximum atomic E-state index is 9.93. The lowest BCUT2D eigenvalue weighted by Crippen LogP contribution is -2.16. The van der Waals surface area contributed by atoms with Gasteiger partial charge in [-0.1, -0.05) is 75.3 Å². The average molecular weight is 276 g/mol. The van der Waals surface area contributed by atoms with Crippen molar-refractivity contribution >= 4 is 0 Å². The van der Waals surface area contributed by atoms with Crippen molar-refractivity contribution in [2.24, 2.45) is 5.92 Å². The lowest BCUT2D eigenvalue weighted by atomic mass is 9.85. The van der Waals surface area contributed by atoms with Gasteiger partial charge >= 0.3 is 0 Å². The highest BCUT2D eigenvalue weighted by atomic mass is 16.5. The van der Waals surface area contributed by atoms with Gasteiger partial charge in [0.25, 0.3) is 0 Å². The van der Waals surface area contributed by atoms with Crippen LogP contribution in [0.25, 0.3) is 0 Å². The van der Waals surface area contributed by atoms with E-state index in [1.165, 1.54) is 44.1 Å². The number of hydrogen-bond acceptors (Lipinski definition) is 2. The lowest BCUT2D eigenvalue weighted by Gasteiger charge is -2.21. The molecule has 0 aromatic heterocycles. The van der Waals surface area contributed by atoms with Crippen molar-refractivity contribution in [1.82, 2.24) is 0 Å². The van der Waals surface area contributed by atoms with Gasteiger partial charge in [-0.3, -0.25) is 0 Å². The first kappa shape index (κ1) is 15.5. The Morgan fingerprint density at radius 1 is 1.10 bits per heavy atom. The van der Waals surface area contributed by atoms with Gasteiger partial charge in [0.05, 0.1) is 19.3 Å². The molecule has 0 radical (unpaired) electrons. The highest BCUT2D eigenvalue weighted by Crippen LogP contribution is 2.27. The lowest BCUT2D eigenvalue weighted by molar-refractivity contribution is 0.0227. The fraction of sp³-hybridized carbons (Fsp3) is 0.667. The van der Waals surface area contributed by atoms with Crippen molar-refractivity contribution in [2.45, 2.75) is 64.1 Å². The Hall–Kier alpha value is -0.860. The second kappa shape index (κ2) is 9.15. The summed E-state index contributed by atoms with van der Waals surface area (Å²) in [5.41, 5.74) is 1.17. The van der Waals surface area contributed by atoms with Gasteiger partial charge in [-0.15, -0.1) is 0 Å². The van der Waals surface area contributed by atoms with Crippen molar-refractivity contribution in [2.75, 3.05) is 6.61 Å². The fourth-order valence-corrected chi connectivity index (χ4v) is 3.09. The summed E-state index contributed by atoms with van der Waals surface area (Å²) in [4.78, 5) is 0. The smallest absolute Gasteiger partial charge is 0.0773 e. The standard InChI is InChI=1S/C18H28O2/c19-18(13-7-12-16-8-3-1-4-9-16)15-20-14-17-10-5-2-6-11-17/h2,5-6,10-11,16,18-19H,1,3-4,7-9,12-15H2. The molecule has 0 bridgehead atoms. The van der Waals surface area contributed by atoms with Gasteiger partial charge in [0, 0.05) is 0 Å². The minimum absolute atomic E-state index is 0.303. The third kappa shape index (κ3) is 6.06. The van der Waals surface area contributed by atoms with E-state index in [9.17, 15) is 5.11 Å². The normalized spacial score (nSPS) is 18.1. The molecule has 2 nitrogen and oxygen atoms in total. The van der Waals surface area contributed by atoms with Crippen molar-refractivity contribution in [3.05, 3.63) is 35.9 Å². The maximum absolute atomic E-state index is 9.93. The summed E-state index contributed by atoms with van der Waals surface area (Å²) in [7, 11) is 0. The molecule has 1 atom stereocenters. The Morgan fingerprint density at radius 2 is 1.85 bits per heavy atom. The minimum Gasteiger partial charge on any atom is -0.391 e. The van der Waals surface area contributed by atoms with E-state index in [2.05, 4.69) is 12.1 Å². The number of hydrogen-bond donors (Lipinski definition) is 1. The van der Waals surface area contributed by atoms with Crippen LogP contribution in [0.2, 0.25) is 0 Å². The molecule has 2 heteroatoms. The molecule has 1 aliphatic carbocycles. The van der Waals surface area contributed by atoms with Gasteiger partial charge in [-0.25, -0.2) is 0 Å². The first-order valence-electron chi connectivity index (χ1n) is 8.14. The van der Waals surface area contributed by atoms with E-state index < -0.39 is 0 Å². The van der Waals surface area contributed by atoms with E-state index in [1.807, 2.05) is 18.2 Å². The molecule has 20 heavy (non-hydrogen) atoms. The van der Waals surface area contributed by atoms with Crippen molar-refractivity contribution in [1.29, 1.82) is 0 Å². The molecular weight excluding hydrogens is 248 g/mol. The van der Waals surface area contributed by atoms with Gasteiger partial charge in [0.15, 0.2) is 0 Å².